The highest BCUT2D eigenvalue weighted by atomic mass is 35.5. The lowest BCUT2D eigenvalue weighted by molar-refractivity contribution is 0.182. The molecular formula is C25H34Cl2N4O3. The molecule has 0 spiro atoms. The SMILES string of the molecule is COc1cc2c(NCCN(C(C)C)C(C)C)nc(-c3ccc(Cl)cc3)nc2c(OC)c1OC.Cl. The maximum Gasteiger partial charge on any atom is 0.205 e. The monoisotopic (exact) mass is 508 g/mol. The fraction of sp³-hybridized carbons (Fsp3) is 0.440. The second kappa shape index (κ2) is 12.3. The van der Waals surface area contributed by atoms with Crippen LogP contribution in [0.5, 0.6) is 17.2 Å². The normalized spacial score (nSPS) is 11.1. The Bertz CT molecular complexity index is 1080. The minimum atomic E-state index is 0. The van der Waals surface area contributed by atoms with Gasteiger partial charge >= 0.3 is 0 Å². The zero-order valence-corrected chi connectivity index (χ0v) is 22.4. The predicted molar refractivity (Wildman–Crippen MR) is 142 cm³/mol. The van der Waals surface area contributed by atoms with E-state index in [9.17, 15) is 0 Å². The van der Waals surface area contributed by atoms with Crippen LogP contribution in [0.2, 0.25) is 5.02 Å². The van der Waals surface area contributed by atoms with Gasteiger partial charge < -0.3 is 19.5 Å². The molecule has 1 heterocycles. The van der Waals surface area contributed by atoms with Crippen LogP contribution in [-0.2, 0) is 0 Å². The van der Waals surface area contributed by atoms with Gasteiger partial charge in [0, 0.05) is 35.8 Å². The smallest absolute Gasteiger partial charge is 0.205 e. The number of methoxy groups -OCH3 is 3. The third-order valence-corrected chi connectivity index (χ3v) is 5.84. The van der Waals surface area contributed by atoms with Crippen LogP contribution in [0.3, 0.4) is 0 Å². The van der Waals surface area contributed by atoms with E-state index in [1.54, 1.807) is 21.3 Å². The van der Waals surface area contributed by atoms with E-state index in [1.165, 1.54) is 0 Å². The molecule has 7 nitrogen and oxygen atoms in total. The Hall–Kier alpha value is -2.48. The highest BCUT2D eigenvalue weighted by Gasteiger charge is 2.21. The molecule has 0 amide bonds. The van der Waals surface area contributed by atoms with E-state index in [0.717, 1.165) is 24.0 Å². The molecule has 0 saturated heterocycles. The quantitative estimate of drug-likeness (QED) is 0.363. The van der Waals surface area contributed by atoms with E-state index in [4.69, 9.17) is 35.8 Å². The lowest BCUT2D eigenvalue weighted by atomic mass is 10.1. The van der Waals surface area contributed by atoms with Crippen molar-refractivity contribution in [3.63, 3.8) is 0 Å². The first kappa shape index (κ1) is 27.8. The van der Waals surface area contributed by atoms with Crippen molar-refractivity contribution in [3.8, 4) is 28.6 Å². The first-order valence-electron chi connectivity index (χ1n) is 11.1. The summed E-state index contributed by atoms with van der Waals surface area (Å²) in [6, 6.07) is 10.2. The van der Waals surface area contributed by atoms with Gasteiger partial charge in [-0.2, -0.15) is 0 Å². The van der Waals surface area contributed by atoms with Gasteiger partial charge in [-0.1, -0.05) is 11.6 Å². The van der Waals surface area contributed by atoms with Crippen molar-refractivity contribution < 1.29 is 14.2 Å². The number of nitrogens with zero attached hydrogens (tertiary/aromatic N) is 3. The van der Waals surface area contributed by atoms with Gasteiger partial charge in [0.15, 0.2) is 17.3 Å². The lowest BCUT2D eigenvalue weighted by Crippen LogP contribution is -2.40. The number of halogens is 2. The van der Waals surface area contributed by atoms with Gasteiger partial charge in [0.1, 0.15) is 11.3 Å². The topological polar surface area (TPSA) is 68.7 Å². The summed E-state index contributed by atoms with van der Waals surface area (Å²) in [5, 5.41) is 4.97. The van der Waals surface area contributed by atoms with Crippen LogP contribution in [0.1, 0.15) is 27.7 Å². The number of hydrogen-bond acceptors (Lipinski definition) is 7. The Balaban J connectivity index is 0.00000408. The lowest BCUT2D eigenvalue weighted by Gasteiger charge is -2.30. The number of hydrogen-bond donors (Lipinski definition) is 1. The van der Waals surface area contributed by atoms with Crippen LogP contribution >= 0.6 is 24.0 Å². The first-order valence-corrected chi connectivity index (χ1v) is 11.4. The van der Waals surface area contributed by atoms with Gasteiger partial charge in [0.2, 0.25) is 5.75 Å². The van der Waals surface area contributed by atoms with E-state index in [0.29, 0.717) is 51.5 Å². The maximum atomic E-state index is 6.09. The van der Waals surface area contributed by atoms with Crippen LogP contribution in [0.4, 0.5) is 5.82 Å². The van der Waals surface area contributed by atoms with Crippen molar-refractivity contribution in [1.82, 2.24) is 14.9 Å². The second-order valence-corrected chi connectivity index (χ2v) is 8.73. The molecule has 0 unspecified atom stereocenters. The first-order chi connectivity index (χ1) is 15.8. The Morgan fingerprint density at radius 1 is 0.912 bits per heavy atom. The Labute approximate surface area is 213 Å². The molecule has 0 aliphatic heterocycles. The predicted octanol–water partition coefficient (Wildman–Crippen LogP) is 5.93. The van der Waals surface area contributed by atoms with Crippen LogP contribution in [0.25, 0.3) is 22.3 Å². The minimum Gasteiger partial charge on any atom is -0.493 e. The molecule has 0 bridgehead atoms. The van der Waals surface area contributed by atoms with Crippen molar-refractivity contribution in [3.05, 3.63) is 35.4 Å². The molecule has 0 saturated carbocycles. The van der Waals surface area contributed by atoms with Crippen molar-refractivity contribution in [2.75, 3.05) is 39.7 Å². The molecule has 0 fully saturated rings. The van der Waals surface area contributed by atoms with Gasteiger partial charge in [0.05, 0.1) is 26.7 Å². The minimum absolute atomic E-state index is 0. The highest BCUT2D eigenvalue weighted by molar-refractivity contribution is 6.30. The number of benzene rings is 2. The van der Waals surface area contributed by atoms with Crippen LogP contribution in [0.15, 0.2) is 30.3 Å². The summed E-state index contributed by atoms with van der Waals surface area (Å²) in [6.45, 7) is 10.4. The molecule has 0 aliphatic rings. The third-order valence-electron chi connectivity index (χ3n) is 5.59. The van der Waals surface area contributed by atoms with E-state index < -0.39 is 0 Å². The molecule has 0 aliphatic carbocycles. The number of ether oxygens (including phenoxy) is 3. The van der Waals surface area contributed by atoms with Gasteiger partial charge in [0.25, 0.3) is 0 Å². The molecule has 0 atom stereocenters. The fourth-order valence-corrected chi connectivity index (χ4v) is 4.13. The van der Waals surface area contributed by atoms with E-state index >= 15 is 0 Å². The highest BCUT2D eigenvalue weighted by Crippen LogP contribution is 2.44. The largest absolute Gasteiger partial charge is 0.493 e. The Morgan fingerprint density at radius 3 is 2.06 bits per heavy atom. The molecule has 2 aromatic carbocycles. The van der Waals surface area contributed by atoms with Crippen molar-refractivity contribution in [2.24, 2.45) is 0 Å². The fourth-order valence-electron chi connectivity index (χ4n) is 4.01. The summed E-state index contributed by atoms with van der Waals surface area (Å²) in [5.74, 6) is 2.82. The van der Waals surface area contributed by atoms with Crippen molar-refractivity contribution in [2.45, 2.75) is 39.8 Å². The molecule has 3 rings (SSSR count). The van der Waals surface area contributed by atoms with Crippen LogP contribution in [-0.4, -0.2) is 61.4 Å². The van der Waals surface area contributed by atoms with E-state index in [-0.39, 0.29) is 12.4 Å². The van der Waals surface area contributed by atoms with E-state index in [2.05, 4.69) is 37.9 Å². The van der Waals surface area contributed by atoms with Gasteiger partial charge in [-0.05, 0) is 58.0 Å². The molecule has 0 radical (unpaired) electrons. The van der Waals surface area contributed by atoms with Crippen LogP contribution < -0.4 is 19.5 Å². The summed E-state index contributed by atoms with van der Waals surface area (Å²) >= 11 is 6.09. The average Bonchev–Trinajstić information content (AvgIpc) is 2.80. The average molecular weight is 509 g/mol. The summed E-state index contributed by atoms with van der Waals surface area (Å²) in [7, 11) is 4.78. The molecule has 34 heavy (non-hydrogen) atoms. The number of fused-ring (bicyclic) bond motifs is 1. The van der Waals surface area contributed by atoms with Crippen molar-refractivity contribution >= 4 is 40.7 Å². The summed E-state index contributed by atoms with van der Waals surface area (Å²) in [6.07, 6.45) is 0. The summed E-state index contributed by atoms with van der Waals surface area (Å²) < 4.78 is 16.9. The van der Waals surface area contributed by atoms with Gasteiger partial charge in [-0.3, -0.25) is 4.90 Å². The number of rotatable bonds is 10. The number of aromatic nitrogens is 2. The molecule has 1 aromatic heterocycles. The van der Waals surface area contributed by atoms with Crippen molar-refractivity contribution in [1.29, 1.82) is 0 Å². The zero-order chi connectivity index (χ0) is 24.1. The summed E-state index contributed by atoms with van der Waals surface area (Å²) in [4.78, 5) is 12.1. The van der Waals surface area contributed by atoms with Gasteiger partial charge in [-0.25, -0.2) is 9.97 Å². The number of anilines is 1. The van der Waals surface area contributed by atoms with Crippen LogP contribution in [0, 0.1) is 0 Å². The molecule has 3 aromatic rings. The molecular weight excluding hydrogens is 475 g/mol. The second-order valence-electron chi connectivity index (χ2n) is 8.30. The third kappa shape index (κ3) is 5.95. The standard InChI is InChI=1S/C25H33ClN4O3.ClH/c1-15(2)30(16(3)4)13-12-27-25-19-14-20(31-5)22(32-6)23(33-7)21(19)28-24(29-25)17-8-10-18(26)11-9-17;/h8-11,14-16H,12-13H2,1-7H3,(H,27,28,29);1H. The maximum absolute atomic E-state index is 6.09. The molecule has 9 heteroatoms. The molecule has 1 N–H and O–H groups in total. The van der Waals surface area contributed by atoms with E-state index in [1.807, 2.05) is 30.3 Å². The molecule has 186 valence electrons. The Kier molecular flexibility index (Phi) is 10.0. The Morgan fingerprint density at radius 2 is 1.53 bits per heavy atom. The number of nitrogens with one attached hydrogen (secondary N) is 1. The summed E-state index contributed by atoms with van der Waals surface area (Å²) in [5.41, 5.74) is 1.49. The van der Waals surface area contributed by atoms with Gasteiger partial charge in [-0.15, -0.1) is 12.4 Å². The zero-order valence-electron chi connectivity index (χ0n) is 20.8.